The summed E-state index contributed by atoms with van der Waals surface area (Å²) >= 11 is 0. The molecule has 1 unspecified atom stereocenters. The Morgan fingerprint density at radius 3 is 2.47 bits per heavy atom. The van der Waals surface area contributed by atoms with Crippen molar-refractivity contribution in [3.05, 3.63) is 77.6 Å². The van der Waals surface area contributed by atoms with Crippen LogP contribution in [-0.4, -0.2) is 34.4 Å². The van der Waals surface area contributed by atoms with E-state index in [0.29, 0.717) is 13.1 Å². The lowest BCUT2D eigenvalue weighted by atomic mass is 9.94. The van der Waals surface area contributed by atoms with Crippen LogP contribution in [0.1, 0.15) is 30.7 Å². The predicted molar refractivity (Wildman–Crippen MR) is 122 cm³/mol. The molecule has 6 heteroatoms. The zero-order valence-corrected chi connectivity index (χ0v) is 18.7. The lowest BCUT2D eigenvalue weighted by molar-refractivity contribution is -0.125. The maximum absolute atomic E-state index is 13.1. The first-order valence-electron chi connectivity index (χ1n) is 11.2. The van der Waals surface area contributed by atoms with E-state index in [1.165, 1.54) is 0 Å². The molecule has 32 heavy (non-hydrogen) atoms. The van der Waals surface area contributed by atoms with Gasteiger partial charge in [-0.05, 0) is 56.4 Å². The third kappa shape index (κ3) is 3.64. The lowest BCUT2D eigenvalue weighted by Crippen LogP contribution is -2.43. The van der Waals surface area contributed by atoms with Crippen molar-refractivity contribution in [2.75, 3.05) is 13.1 Å². The van der Waals surface area contributed by atoms with Crippen LogP contribution in [0.2, 0.25) is 0 Å². The smallest absolute Gasteiger partial charge is 0.410 e. The van der Waals surface area contributed by atoms with Gasteiger partial charge in [-0.2, -0.15) is 0 Å². The fourth-order valence-corrected chi connectivity index (χ4v) is 5.16. The highest BCUT2D eigenvalue weighted by molar-refractivity contribution is 5.84. The number of amides is 2. The van der Waals surface area contributed by atoms with Crippen LogP contribution in [0.25, 0.3) is 5.52 Å². The van der Waals surface area contributed by atoms with E-state index in [0.717, 1.165) is 22.3 Å². The molecule has 2 aliphatic rings. The first kappa shape index (κ1) is 20.6. The van der Waals surface area contributed by atoms with Crippen molar-refractivity contribution in [3.63, 3.8) is 0 Å². The number of aromatic nitrogens is 1. The highest BCUT2D eigenvalue weighted by atomic mass is 16.6. The molecule has 3 atom stereocenters. The summed E-state index contributed by atoms with van der Waals surface area (Å²) in [5.74, 6) is 0.503. The minimum Gasteiger partial charge on any atom is -0.445 e. The molecule has 2 amide bonds. The van der Waals surface area contributed by atoms with Crippen molar-refractivity contribution < 1.29 is 14.3 Å². The Morgan fingerprint density at radius 2 is 1.75 bits per heavy atom. The van der Waals surface area contributed by atoms with Gasteiger partial charge in [-0.15, -0.1) is 0 Å². The Hall–Kier alpha value is -3.28. The summed E-state index contributed by atoms with van der Waals surface area (Å²) in [6.07, 6.45) is 1.75. The number of carbonyl (C=O) groups is 2. The average Bonchev–Trinajstić information content (AvgIpc) is 3.11. The summed E-state index contributed by atoms with van der Waals surface area (Å²) in [4.78, 5) is 27.2. The fourth-order valence-electron chi connectivity index (χ4n) is 5.16. The summed E-state index contributed by atoms with van der Waals surface area (Å²) in [5, 5.41) is 3.27. The molecular formula is C26H29N3O3. The highest BCUT2D eigenvalue weighted by Gasteiger charge is 2.60. The number of piperidine rings is 1. The SMILES string of the molecule is Cc1cc(C(C)(C)NC(=O)C2[C@H]3CN(C(=O)OCc4ccccc4)C[C@@H]23)c2ccccn12. The molecule has 0 bridgehead atoms. The van der Waals surface area contributed by atoms with Crippen molar-refractivity contribution in [2.45, 2.75) is 32.9 Å². The first-order chi connectivity index (χ1) is 15.3. The van der Waals surface area contributed by atoms with Crippen molar-refractivity contribution in [1.29, 1.82) is 0 Å². The van der Waals surface area contributed by atoms with Crippen molar-refractivity contribution in [2.24, 2.45) is 17.8 Å². The van der Waals surface area contributed by atoms with Crippen LogP contribution in [0.3, 0.4) is 0 Å². The van der Waals surface area contributed by atoms with Gasteiger partial charge in [0.05, 0.1) is 11.1 Å². The summed E-state index contributed by atoms with van der Waals surface area (Å²) in [5.41, 5.74) is 3.85. The number of aryl methyl sites for hydroxylation is 1. The molecule has 0 spiro atoms. The fraction of sp³-hybridized carbons (Fsp3) is 0.385. The minimum atomic E-state index is -0.483. The van der Waals surface area contributed by atoms with E-state index in [1.54, 1.807) is 4.90 Å². The molecule has 0 radical (unpaired) electrons. The van der Waals surface area contributed by atoms with Gasteiger partial charge < -0.3 is 19.4 Å². The van der Waals surface area contributed by atoms with Crippen molar-refractivity contribution in [3.8, 4) is 0 Å². The Morgan fingerprint density at radius 1 is 1.06 bits per heavy atom. The quantitative estimate of drug-likeness (QED) is 0.661. The number of nitrogens with zero attached hydrogens (tertiary/aromatic N) is 2. The standard InChI is InChI=1S/C26H29N3O3/c1-17-13-21(22-11-7-8-12-29(17)22)26(2,3)27-24(30)23-19-14-28(15-20(19)23)25(31)32-16-18-9-5-4-6-10-18/h4-13,19-20,23H,14-16H2,1-3H3,(H,27,30)/t19-,20+,23?. The van der Waals surface area contributed by atoms with Crippen LogP contribution in [-0.2, 0) is 21.7 Å². The second-order valence-electron chi connectivity index (χ2n) is 9.57. The van der Waals surface area contributed by atoms with Crippen LogP contribution in [0.5, 0.6) is 0 Å². The van der Waals surface area contributed by atoms with Crippen LogP contribution in [0, 0.1) is 24.7 Å². The number of carbonyl (C=O) groups excluding carboxylic acids is 2. The van der Waals surface area contributed by atoms with E-state index >= 15 is 0 Å². The highest BCUT2D eigenvalue weighted by Crippen LogP contribution is 2.52. The number of nitrogens with one attached hydrogen (secondary N) is 1. The molecule has 3 aromatic rings. The average molecular weight is 432 g/mol. The molecule has 1 N–H and O–H groups in total. The number of hydrogen-bond donors (Lipinski definition) is 1. The van der Waals surface area contributed by atoms with Crippen molar-refractivity contribution >= 4 is 17.5 Å². The van der Waals surface area contributed by atoms with E-state index in [4.69, 9.17) is 4.74 Å². The van der Waals surface area contributed by atoms with Gasteiger partial charge in [0.15, 0.2) is 0 Å². The van der Waals surface area contributed by atoms with Gasteiger partial charge in [-0.25, -0.2) is 4.79 Å². The number of hydrogen-bond acceptors (Lipinski definition) is 3. The number of likely N-dealkylation sites (tertiary alicyclic amines) is 1. The van der Waals surface area contributed by atoms with E-state index in [-0.39, 0.29) is 36.4 Å². The molecule has 2 aromatic heterocycles. The monoisotopic (exact) mass is 431 g/mol. The maximum atomic E-state index is 13.1. The van der Waals surface area contributed by atoms with Crippen LogP contribution >= 0.6 is 0 Å². The van der Waals surface area contributed by atoms with E-state index in [9.17, 15) is 9.59 Å². The topological polar surface area (TPSA) is 63.0 Å². The molecule has 6 nitrogen and oxygen atoms in total. The maximum Gasteiger partial charge on any atom is 0.410 e. The van der Waals surface area contributed by atoms with Crippen LogP contribution < -0.4 is 5.32 Å². The van der Waals surface area contributed by atoms with Gasteiger partial charge in [-0.3, -0.25) is 4.79 Å². The van der Waals surface area contributed by atoms with Gasteiger partial charge in [0.1, 0.15) is 6.61 Å². The Bertz CT molecular complexity index is 1160. The molecule has 2 fully saturated rings. The van der Waals surface area contributed by atoms with Gasteiger partial charge >= 0.3 is 6.09 Å². The normalized spacial score (nSPS) is 22.0. The van der Waals surface area contributed by atoms with E-state index in [1.807, 2.05) is 48.7 Å². The number of rotatable bonds is 5. The minimum absolute atomic E-state index is 0.0255. The second kappa shape index (κ2) is 7.69. The Balaban J connectivity index is 1.18. The van der Waals surface area contributed by atoms with Gasteiger partial charge in [0, 0.05) is 36.5 Å². The summed E-state index contributed by atoms with van der Waals surface area (Å²) < 4.78 is 7.59. The molecule has 1 aliphatic carbocycles. The zero-order valence-electron chi connectivity index (χ0n) is 18.7. The largest absolute Gasteiger partial charge is 0.445 e. The summed E-state index contributed by atoms with van der Waals surface area (Å²) in [6.45, 7) is 7.63. The molecule has 5 rings (SSSR count). The number of ether oxygens (including phenoxy) is 1. The number of fused-ring (bicyclic) bond motifs is 2. The third-order valence-electron chi connectivity index (χ3n) is 6.94. The molecule has 1 saturated carbocycles. The van der Waals surface area contributed by atoms with E-state index in [2.05, 4.69) is 42.6 Å². The molecule has 1 aromatic carbocycles. The zero-order chi connectivity index (χ0) is 22.5. The van der Waals surface area contributed by atoms with E-state index < -0.39 is 5.54 Å². The Labute approximate surface area is 188 Å². The van der Waals surface area contributed by atoms with Gasteiger partial charge in [-0.1, -0.05) is 36.4 Å². The van der Waals surface area contributed by atoms with Crippen molar-refractivity contribution in [1.82, 2.24) is 14.6 Å². The Kier molecular flexibility index (Phi) is 4.96. The summed E-state index contributed by atoms with van der Waals surface area (Å²) in [6, 6.07) is 17.9. The molecule has 166 valence electrons. The summed E-state index contributed by atoms with van der Waals surface area (Å²) in [7, 11) is 0. The molecular weight excluding hydrogens is 402 g/mol. The predicted octanol–water partition coefficient (Wildman–Crippen LogP) is 4.11. The lowest BCUT2D eigenvalue weighted by Gasteiger charge is -2.27. The van der Waals surface area contributed by atoms with Crippen LogP contribution in [0.15, 0.2) is 60.8 Å². The van der Waals surface area contributed by atoms with Gasteiger partial charge in [0.2, 0.25) is 5.91 Å². The second-order valence-corrected chi connectivity index (χ2v) is 9.57. The molecule has 1 saturated heterocycles. The van der Waals surface area contributed by atoms with Gasteiger partial charge in [0.25, 0.3) is 0 Å². The first-order valence-corrected chi connectivity index (χ1v) is 11.2. The third-order valence-corrected chi connectivity index (χ3v) is 6.94. The number of pyridine rings is 1. The van der Waals surface area contributed by atoms with Crippen LogP contribution in [0.4, 0.5) is 4.79 Å². The number of benzene rings is 1. The molecule has 3 heterocycles. The molecule has 1 aliphatic heterocycles.